The molecule has 0 bridgehead atoms. The van der Waals surface area contributed by atoms with Gasteiger partial charge in [0.1, 0.15) is 0 Å². The van der Waals surface area contributed by atoms with E-state index in [1.165, 1.54) is 0 Å². The van der Waals surface area contributed by atoms with Crippen LogP contribution in [-0.2, 0) is 4.79 Å². The maximum Gasteiger partial charge on any atom is 0.319 e. The molecule has 1 aromatic carbocycles. The van der Waals surface area contributed by atoms with E-state index >= 15 is 0 Å². The van der Waals surface area contributed by atoms with E-state index in [0.29, 0.717) is 19.5 Å². The quantitative estimate of drug-likeness (QED) is 0.718. The van der Waals surface area contributed by atoms with Gasteiger partial charge in [0.25, 0.3) is 0 Å². The first kappa shape index (κ1) is 14.0. The first-order valence-corrected chi connectivity index (χ1v) is 6.09. The summed E-state index contributed by atoms with van der Waals surface area (Å²) in [5, 5.41) is 8.05. The van der Waals surface area contributed by atoms with Crippen LogP contribution < -0.4 is 16.0 Å². The summed E-state index contributed by atoms with van der Waals surface area (Å²) >= 11 is 0. The second-order valence-electron chi connectivity index (χ2n) is 3.85. The van der Waals surface area contributed by atoms with Crippen LogP contribution in [-0.4, -0.2) is 25.0 Å². The van der Waals surface area contributed by atoms with E-state index in [4.69, 9.17) is 0 Å². The molecule has 0 aliphatic carbocycles. The van der Waals surface area contributed by atoms with Crippen molar-refractivity contribution >= 4 is 17.6 Å². The molecule has 0 saturated carbocycles. The van der Waals surface area contributed by atoms with Gasteiger partial charge in [-0.3, -0.25) is 4.79 Å². The van der Waals surface area contributed by atoms with Crippen molar-refractivity contribution in [2.75, 3.05) is 18.4 Å². The summed E-state index contributed by atoms with van der Waals surface area (Å²) in [6.45, 7) is 3.00. The zero-order valence-corrected chi connectivity index (χ0v) is 10.5. The summed E-state index contributed by atoms with van der Waals surface area (Å²) in [4.78, 5) is 22.7. The third kappa shape index (κ3) is 5.89. The summed E-state index contributed by atoms with van der Waals surface area (Å²) in [6, 6.07) is 8.86. The number of anilines is 1. The molecule has 5 heteroatoms. The molecule has 0 heterocycles. The highest BCUT2D eigenvalue weighted by atomic mass is 16.2. The Morgan fingerprint density at radius 2 is 1.78 bits per heavy atom. The van der Waals surface area contributed by atoms with Gasteiger partial charge in [0, 0.05) is 25.2 Å². The molecule has 18 heavy (non-hydrogen) atoms. The number of carbonyl (C=O) groups is 2. The zero-order chi connectivity index (χ0) is 13.2. The number of carbonyl (C=O) groups excluding carboxylic acids is 2. The fourth-order valence-electron chi connectivity index (χ4n) is 1.34. The van der Waals surface area contributed by atoms with E-state index in [-0.39, 0.29) is 11.9 Å². The van der Waals surface area contributed by atoms with Crippen LogP contribution in [0.5, 0.6) is 0 Å². The van der Waals surface area contributed by atoms with Crippen molar-refractivity contribution in [3.05, 3.63) is 30.3 Å². The van der Waals surface area contributed by atoms with Gasteiger partial charge in [-0.05, 0) is 18.6 Å². The van der Waals surface area contributed by atoms with Crippen molar-refractivity contribution < 1.29 is 9.59 Å². The number of amides is 3. The number of hydrogen-bond donors (Lipinski definition) is 3. The number of urea groups is 1. The van der Waals surface area contributed by atoms with Gasteiger partial charge >= 0.3 is 6.03 Å². The Hall–Kier alpha value is -2.04. The Morgan fingerprint density at radius 1 is 1.06 bits per heavy atom. The number of rotatable bonds is 6. The van der Waals surface area contributed by atoms with Crippen molar-refractivity contribution in [1.82, 2.24) is 10.6 Å². The molecule has 1 aromatic rings. The first-order valence-electron chi connectivity index (χ1n) is 6.09. The van der Waals surface area contributed by atoms with Gasteiger partial charge < -0.3 is 16.0 Å². The van der Waals surface area contributed by atoms with Crippen molar-refractivity contribution in [1.29, 1.82) is 0 Å². The van der Waals surface area contributed by atoms with Crippen molar-refractivity contribution in [3.8, 4) is 0 Å². The zero-order valence-electron chi connectivity index (χ0n) is 10.5. The molecular formula is C13H19N3O2. The van der Waals surface area contributed by atoms with E-state index in [0.717, 1.165) is 12.1 Å². The molecule has 1 rings (SSSR count). The Morgan fingerprint density at radius 3 is 2.44 bits per heavy atom. The number of para-hydroxylation sites is 1. The molecule has 0 aromatic heterocycles. The highest BCUT2D eigenvalue weighted by Gasteiger charge is 2.03. The van der Waals surface area contributed by atoms with Crippen LogP contribution in [0.15, 0.2) is 30.3 Å². The number of benzene rings is 1. The molecular weight excluding hydrogens is 230 g/mol. The van der Waals surface area contributed by atoms with Crippen LogP contribution in [0.3, 0.4) is 0 Å². The van der Waals surface area contributed by atoms with Crippen molar-refractivity contribution in [2.45, 2.75) is 19.8 Å². The Kier molecular flexibility index (Phi) is 6.32. The van der Waals surface area contributed by atoms with E-state index in [2.05, 4.69) is 16.0 Å². The largest absolute Gasteiger partial charge is 0.356 e. The molecule has 0 fully saturated rings. The monoisotopic (exact) mass is 249 g/mol. The average Bonchev–Trinajstić information content (AvgIpc) is 2.37. The third-order valence-electron chi connectivity index (χ3n) is 2.24. The summed E-state index contributed by atoms with van der Waals surface area (Å²) in [5.74, 6) is -0.0446. The molecule has 98 valence electrons. The van der Waals surface area contributed by atoms with Gasteiger partial charge in [-0.15, -0.1) is 0 Å². The lowest BCUT2D eigenvalue weighted by Crippen LogP contribution is -2.33. The van der Waals surface area contributed by atoms with Gasteiger partial charge in [-0.1, -0.05) is 25.1 Å². The lowest BCUT2D eigenvalue weighted by molar-refractivity contribution is -0.120. The van der Waals surface area contributed by atoms with Gasteiger partial charge in [0.05, 0.1) is 0 Å². The minimum Gasteiger partial charge on any atom is -0.356 e. The summed E-state index contributed by atoms with van der Waals surface area (Å²) in [5.41, 5.74) is 0.727. The van der Waals surface area contributed by atoms with E-state index < -0.39 is 0 Å². The SMILES string of the molecule is CCCNC(=O)CCNC(=O)Nc1ccccc1. The molecule has 0 saturated heterocycles. The predicted molar refractivity (Wildman–Crippen MR) is 71.4 cm³/mol. The minimum atomic E-state index is -0.301. The summed E-state index contributed by atoms with van der Waals surface area (Å²) in [6.07, 6.45) is 1.20. The molecule has 0 aliphatic heterocycles. The number of nitrogens with one attached hydrogen (secondary N) is 3. The standard InChI is InChI=1S/C13H19N3O2/c1-2-9-14-12(17)8-10-15-13(18)16-11-6-4-3-5-7-11/h3-7H,2,8-10H2,1H3,(H,14,17)(H2,15,16,18). The number of hydrogen-bond acceptors (Lipinski definition) is 2. The highest BCUT2D eigenvalue weighted by Crippen LogP contribution is 2.03. The van der Waals surface area contributed by atoms with E-state index in [1.807, 2.05) is 25.1 Å². The Labute approximate surface area is 107 Å². The Bertz CT molecular complexity index is 379. The lowest BCUT2D eigenvalue weighted by atomic mass is 10.3. The maximum atomic E-state index is 11.5. The fraction of sp³-hybridized carbons (Fsp3) is 0.385. The maximum absolute atomic E-state index is 11.5. The summed E-state index contributed by atoms with van der Waals surface area (Å²) in [7, 11) is 0. The van der Waals surface area contributed by atoms with Gasteiger partial charge in [-0.25, -0.2) is 4.79 Å². The lowest BCUT2D eigenvalue weighted by Gasteiger charge is -2.07. The van der Waals surface area contributed by atoms with Crippen LogP contribution in [0, 0.1) is 0 Å². The Balaban J connectivity index is 2.16. The second-order valence-corrected chi connectivity index (χ2v) is 3.85. The topological polar surface area (TPSA) is 70.2 Å². The fourth-order valence-corrected chi connectivity index (χ4v) is 1.34. The van der Waals surface area contributed by atoms with E-state index in [1.54, 1.807) is 12.1 Å². The van der Waals surface area contributed by atoms with Gasteiger partial charge in [0.15, 0.2) is 0 Å². The predicted octanol–water partition coefficient (Wildman–Crippen LogP) is 1.72. The molecule has 3 N–H and O–H groups in total. The van der Waals surface area contributed by atoms with Crippen molar-refractivity contribution in [3.63, 3.8) is 0 Å². The normalized spacial score (nSPS) is 9.61. The van der Waals surface area contributed by atoms with Crippen molar-refractivity contribution in [2.24, 2.45) is 0 Å². The first-order chi connectivity index (χ1) is 8.72. The van der Waals surface area contributed by atoms with Gasteiger partial charge in [0.2, 0.25) is 5.91 Å². The minimum absolute atomic E-state index is 0.0446. The molecule has 0 atom stereocenters. The molecule has 0 radical (unpaired) electrons. The van der Waals surface area contributed by atoms with Crippen LogP contribution >= 0.6 is 0 Å². The highest BCUT2D eigenvalue weighted by molar-refractivity contribution is 5.89. The van der Waals surface area contributed by atoms with Crippen LogP contribution in [0.25, 0.3) is 0 Å². The van der Waals surface area contributed by atoms with Gasteiger partial charge in [-0.2, -0.15) is 0 Å². The van der Waals surface area contributed by atoms with Crippen LogP contribution in [0.2, 0.25) is 0 Å². The average molecular weight is 249 g/mol. The van der Waals surface area contributed by atoms with Crippen LogP contribution in [0.1, 0.15) is 19.8 Å². The summed E-state index contributed by atoms with van der Waals surface area (Å²) < 4.78 is 0. The van der Waals surface area contributed by atoms with E-state index in [9.17, 15) is 9.59 Å². The molecule has 5 nitrogen and oxygen atoms in total. The smallest absolute Gasteiger partial charge is 0.319 e. The molecule has 0 spiro atoms. The van der Waals surface area contributed by atoms with Crippen LogP contribution in [0.4, 0.5) is 10.5 Å². The third-order valence-corrected chi connectivity index (χ3v) is 2.24. The molecule has 0 aliphatic rings. The second kappa shape index (κ2) is 8.11. The molecule has 0 unspecified atom stereocenters. The molecule has 3 amide bonds.